The first kappa shape index (κ1) is 9.55. The van der Waals surface area contributed by atoms with Crippen molar-refractivity contribution in [2.45, 2.75) is 6.54 Å². The van der Waals surface area contributed by atoms with Gasteiger partial charge in [0.1, 0.15) is 5.75 Å². The maximum atomic E-state index is 5.64. The summed E-state index contributed by atoms with van der Waals surface area (Å²) in [6, 6.07) is 3.90. The molecule has 1 heterocycles. The molecule has 3 nitrogen and oxygen atoms in total. The molecule has 0 saturated carbocycles. The second kappa shape index (κ2) is 3.63. The van der Waals surface area contributed by atoms with Gasteiger partial charge in [-0.15, -0.1) is 0 Å². The molecule has 14 heavy (non-hydrogen) atoms. The molecule has 0 aliphatic carbocycles. The number of halogens is 1. The lowest BCUT2D eigenvalue weighted by atomic mass is 10.1. The van der Waals surface area contributed by atoms with Crippen LogP contribution in [-0.4, -0.2) is 12.1 Å². The number of nitrogens with two attached hydrogens (primary N) is 1. The highest BCUT2D eigenvalue weighted by atomic mass is 79.9. The van der Waals surface area contributed by atoms with Crippen molar-refractivity contribution in [2.24, 2.45) is 5.73 Å². The molecule has 0 bridgehead atoms. The van der Waals surface area contributed by atoms with Crippen molar-refractivity contribution in [3.8, 4) is 5.75 Å². The average molecular weight is 255 g/mol. The summed E-state index contributed by atoms with van der Waals surface area (Å²) in [6.45, 7) is 0.520. The van der Waals surface area contributed by atoms with Gasteiger partial charge in [0.2, 0.25) is 0 Å². The maximum Gasteiger partial charge on any atom is 0.133 e. The summed E-state index contributed by atoms with van der Waals surface area (Å²) in [5.41, 5.74) is 7.80. The van der Waals surface area contributed by atoms with Gasteiger partial charge in [-0.2, -0.15) is 0 Å². The summed E-state index contributed by atoms with van der Waals surface area (Å²) >= 11 is 3.51. The minimum Gasteiger partial charge on any atom is -0.496 e. The number of benzene rings is 1. The van der Waals surface area contributed by atoms with E-state index in [0.717, 1.165) is 26.7 Å². The Bertz CT molecular complexity index is 464. The number of ether oxygens (including phenoxy) is 1. The van der Waals surface area contributed by atoms with Crippen molar-refractivity contribution in [1.29, 1.82) is 0 Å². The average Bonchev–Trinajstić information content (AvgIpc) is 2.62. The zero-order valence-corrected chi connectivity index (χ0v) is 9.39. The highest BCUT2D eigenvalue weighted by molar-refractivity contribution is 9.10. The number of aromatic amines is 1. The fraction of sp³-hybridized carbons (Fsp3) is 0.200. The molecule has 0 radical (unpaired) electrons. The Hall–Kier alpha value is -1.00. The van der Waals surface area contributed by atoms with Crippen LogP contribution in [0.2, 0.25) is 0 Å². The van der Waals surface area contributed by atoms with Crippen LogP contribution >= 0.6 is 15.9 Å². The Morgan fingerprint density at radius 1 is 1.50 bits per heavy atom. The SMILES string of the molecule is COc1ccc2[nH]cc(CN)c2c1Br. The molecule has 0 aliphatic rings. The van der Waals surface area contributed by atoms with E-state index in [0.29, 0.717) is 6.54 Å². The standard InChI is InChI=1S/C10H11BrN2O/c1-14-8-3-2-7-9(10(8)11)6(4-12)5-13-7/h2-3,5,13H,4,12H2,1H3. The smallest absolute Gasteiger partial charge is 0.133 e. The van der Waals surface area contributed by atoms with E-state index in [2.05, 4.69) is 20.9 Å². The van der Waals surface area contributed by atoms with Gasteiger partial charge in [-0.3, -0.25) is 0 Å². The van der Waals surface area contributed by atoms with Crippen LogP contribution in [0.15, 0.2) is 22.8 Å². The van der Waals surface area contributed by atoms with E-state index in [1.165, 1.54) is 0 Å². The van der Waals surface area contributed by atoms with Gasteiger partial charge >= 0.3 is 0 Å². The molecule has 0 saturated heterocycles. The van der Waals surface area contributed by atoms with Crippen LogP contribution in [0.1, 0.15) is 5.56 Å². The van der Waals surface area contributed by atoms with E-state index in [-0.39, 0.29) is 0 Å². The normalized spacial score (nSPS) is 10.8. The summed E-state index contributed by atoms with van der Waals surface area (Å²) in [5, 5.41) is 1.10. The number of fused-ring (bicyclic) bond motifs is 1. The second-order valence-electron chi connectivity index (χ2n) is 3.02. The third-order valence-corrected chi connectivity index (χ3v) is 3.06. The molecule has 2 rings (SSSR count). The largest absolute Gasteiger partial charge is 0.496 e. The highest BCUT2D eigenvalue weighted by Gasteiger charge is 2.09. The van der Waals surface area contributed by atoms with Gasteiger partial charge < -0.3 is 15.5 Å². The minimum atomic E-state index is 0.520. The lowest BCUT2D eigenvalue weighted by Gasteiger charge is -2.04. The van der Waals surface area contributed by atoms with E-state index in [4.69, 9.17) is 10.5 Å². The van der Waals surface area contributed by atoms with E-state index < -0.39 is 0 Å². The van der Waals surface area contributed by atoms with Gasteiger partial charge in [0, 0.05) is 23.6 Å². The third kappa shape index (κ3) is 1.31. The molecule has 2 aromatic rings. The molecule has 1 aromatic carbocycles. The Kier molecular flexibility index (Phi) is 2.48. The zero-order chi connectivity index (χ0) is 10.1. The molecule has 0 aliphatic heterocycles. The fourth-order valence-electron chi connectivity index (χ4n) is 1.55. The predicted octanol–water partition coefficient (Wildman–Crippen LogP) is 2.40. The Morgan fingerprint density at radius 3 is 2.93 bits per heavy atom. The summed E-state index contributed by atoms with van der Waals surface area (Å²) in [7, 11) is 1.65. The van der Waals surface area contributed by atoms with Crippen molar-refractivity contribution in [2.75, 3.05) is 7.11 Å². The van der Waals surface area contributed by atoms with Gasteiger partial charge in [-0.1, -0.05) is 0 Å². The molecule has 0 unspecified atom stereocenters. The topological polar surface area (TPSA) is 51.0 Å². The van der Waals surface area contributed by atoms with Crippen LogP contribution in [0.4, 0.5) is 0 Å². The Balaban J connectivity index is 2.77. The number of methoxy groups -OCH3 is 1. The Morgan fingerprint density at radius 2 is 2.29 bits per heavy atom. The van der Waals surface area contributed by atoms with E-state index in [1.807, 2.05) is 18.3 Å². The quantitative estimate of drug-likeness (QED) is 0.865. The van der Waals surface area contributed by atoms with Crippen LogP contribution in [0.5, 0.6) is 5.75 Å². The molecule has 74 valence electrons. The van der Waals surface area contributed by atoms with Crippen molar-refractivity contribution >= 4 is 26.8 Å². The first-order valence-corrected chi connectivity index (χ1v) is 5.09. The van der Waals surface area contributed by atoms with Crippen molar-refractivity contribution < 1.29 is 4.74 Å². The van der Waals surface area contributed by atoms with Crippen LogP contribution in [0, 0.1) is 0 Å². The van der Waals surface area contributed by atoms with Crippen molar-refractivity contribution in [1.82, 2.24) is 4.98 Å². The molecule has 1 aromatic heterocycles. The highest BCUT2D eigenvalue weighted by Crippen LogP contribution is 2.34. The lowest BCUT2D eigenvalue weighted by Crippen LogP contribution is -1.95. The van der Waals surface area contributed by atoms with Crippen LogP contribution in [0.25, 0.3) is 10.9 Å². The summed E-state index contributed by atoms with van der Waals surface area (Å²) in [5.74, 6) is 0.826. The van der Waals surface area contributed by atoms with Gasteiger partial charge in [-0.05, 0) is 33.6 Å². The number of nitrogens with one attached hydrogen (secondary N) is 1. The van der Waals surface area contributed by atoms with Gasteiger partial charge in [0.25, 0.3) is 0 Å². The van der Waals surface area contributed by atoms with Gasteiger partial charge in [-0.25, -0.2) is 0 Å². The van der Waals surface area contributed by atoms with Crippen LogP contribution in [0.3, 0.4) is 0 Å². The number of aromatic nitrogens is 1. The summed E-state index contributed by atoms with van der Waals surface area (Å²) in [6.07, 6.45) is 1.93. The molecule has 0 amide bonds. The molecule has 4 heteroatoms. The molecular weight excluding hydrogens is 244 g/mol. The van der Waals surface area contributed by atoms with E-state index in [9.17, 15) is 0 Å². The van der Waals surface area contributed by atoms with Gasteiger partial charge in [0.15, 0.2) is 0 Å². The second-order valence-corrected chi connectivity index (χ2v) is 3.82. The molecule has 3 N–H and O–H groups in total. The number of hydrogen-bond donors (Lipinski definition) is 2. The van der Waals surface area contributed by atoms with Crippen LogP contribution < -0.4 is 10.5 Å². The van der Waals surface area contributed by atoms with E-state index >= 15 is 0 Å². The number of H-pyrrole nitrogens is 1. The molecular formula is C10H11BrN2O. The molecule has 0 spiro atoms. The zero-order valence-electron chi connectivity index (χ0n) is 7.80. The summed E-state index contributed by atoms with van der Waals surface area (Å²) in [4.78, 5) is 3.17. The predicted molar refractivity (Wildman–Crippen MR) is 60.4 cm³/mol. The van der Waals surface area contributed by atoms with Crippen LogP contribution in [-0.2, 0) is 6.54 Å². The molecule has 0 atom stereocenters. The lowest BCUT2D eigenvalue weighted by molar-refractivity contribution is 0.413. The first-order valence-electron chi connectivity index (χ1n) is 4.30. The monoisotopic (exact) mass is 254 g/mol. The Labute approximate surface area is 90.4 Å². The minimum absolute atomic E-state index is 0.520. The molecule has 0 fully saturated rings. The summed E-state index contributed by atoms with van der Waals surface area (Å²) < 4.78 is 6.18. The fourth-order valence-corrected chi connectivity index (χ4v) is 2.31. The van der Waals surface area contributed by atoms with E-state index in [1.54, 1.807) is 7.11 Å². The number of hydrogen-bond acceptors (Lipinski definition) is 2. The third-order valence-electron chi connectivity index (χ3n) is 2.27. The van der Waals surface area contributed by atoms with Crippen molar-refractivity contribution in [3.05, 3.63) is 28.4 Å². The van der Waals surface area contributed by atoms with Gasteiger partial charge in [0.05, 0.1) is 11.6 Å². The maximum absolute atomic E-state index is 5.64. The van der Waals surface area contributed by atoms with Crippen molar-refractivity contribution in [3.63, 3.8) is 0 Å². The number of rotatable bonds is 2. The first-order chi connectivity index (χ1) is 6.77.